The summed E-state index contributed by atoms with van der Waals surface area (Å²) in [7, 11) is 0. The highest BCUT2D eigenvalue weighted by atomic mass is 16.1. The van der Waals surface area contributed by atoms with Gasteiger partial charge in [-0.3, -0.25) is 4.79 Å². The van der Waals surface area contributed by atoms with Crippen molar-refractivity contribution in [3.8, 4) is 0 Å². The zero-order valence-electron chi connectivity index (χ0n) is 10.1. The number of aromatic amines is 1. The molecule has 0 radical (unpaired) electrons. The van der Waals surface area contributed by atoms with E-state index in [-0.39, 0.29) is 17.5 Å². The van der Waals surface area contributed by atoms with Crippen LogP contribution in [0.2, 0.25) is 0 Å². The number of rotatable bonds is 5. The standard InChI is InChI=1S/C11H20N4O/c1-7(2)11-14-9(6-10(16)15-11)13-5-4-8(3)12/h6-8H,4-5,12H2,1-3H3,(H2,13,14,15,16). The Balaban J connectivity index is 2.69. The normalized spacial score (nSPS) is 12.8. The SMILES string of the molecule is CC(N)CCNc1cc(=O)[nH]c(C(C)C)n1. The Morgan fingerprint density at radius 2 is 2.19 bits per heavy atom. The molecule has 0 aliphatic carbocycles. The third kappa shape index (κ3) is 4.02. The lowest BCUT2D eigenvalue weighted by molar-refractivity contribution is 0.687. The van der Waals surface area contributed by atoms with Crippen LogP contribution in [0.3, 0.4) is 0 Å². The lowest BCUT2D eigenvalue weighted by Gasteiger charge is -2.09. The van der Waals surface area contributed by atoms with Gasteiger partial charge in [0, 0.05) is 24.6 Å². The molecular formula is C11H20N4O. The maximum absolute atomic E-state index is 11.4. The minimum absolute atomic E-state index is 0.123. The molecule has 4 N–H and O–H groups in total. The Hall–Kier alpha value is -1.36. The molecule has 1 unspecified atom stereocenters. The van der Waals surface area contributed by atoms with Gasteiger partial charge in [0.05, 0.1) is 0 Å². The molecule has 1 aromatic heterocycles. The molecule has 0 amide bonds. The summed E-state index contributed by atoms with van der Waals surface area (Å²) in [6.07, 6.45) is 0.853. The van der Waals surface area contributed by atoms with Crippen molar-refractivity contribution in [1.82, 2.24) is 9.97 Å². The van der Waals surface area contributed by atoms with Crippen LogP contribution < -0.4 is 16.6 Å². The van der Waals surface area contributed by atoms with Crippen molar-refractivity contribution >= 4 is 5.82 Å². The summed E-state index contributed by atoms with van der Waals surface area (Å²) in [5, 5.41) is 3.10. The molecule has 5 nitrogen and oxygen atoms in total. The van der Waals surface area contributed by atoms with Crippen LogP contribution >= 0.6 is 0 Å². The molecule has 1 rings (SSSR count). The number of nitrogens with one attached hydrogen (secondary N) is 2. The van der Waals surface area contributed by atoms with E-state index in [9.17, 15) is 4.79 Å². The molecule has 16 heavy (non-hydrogen) atoms. The molecule has 0 saturated carbocycles. The summed E-state index contributed by atoms with van der Waals surface area (Å²) in [5.74, 6) is 1.53. The van der Waals surface area contributed by atoms with Crippen LogP contribution in [-0.4, -0.2) is 22.6 Å². The van der Waals surface area contributed by atoms with Crippen molar-refractivity contribution in [3.05, 3.63) is 22.2 Å². The molecule has 1 atom stereocenters. The van der Waals surface area contributed by atoms with Crippen LogP contribution in [0.25, 0.3) is 0 Å². The second kappa shape index (κ2) is 5.65. The van der Waals surface area contributed by atoms with E-state index in [0.29, 0.717) is 11.6 Å². The molecule has 0 fully saturated rings. The van der Waals surface area contributed by atoms with Gasteiger partial charge < -0.3 is 16.0 Å². The molecule has 0 saturated heterocycles. The summed E-state index contributed by atoms with van der Waals surface area (Å²) >= 11 is 0. The smallest absolute Gasteiger partial charge is 0.252 e. The Kier molecular flexibility index (Phi) is 4.49. The fraction of sp³-hybridized carbons (Fsp3) is 0.636. The Morgan fingerprint density at radius 3 is 2.75 bits per heavy atom. The van der Waals surface area contributed by atoms with Crippen LogP contribution in [0.1, 0.15) is 38.9 Å². The highest BCUT2D eigenvalue weighted by Crippen LogP contribution is 2.08. The summed E-state index contributed by atoms with van der Waals surface area (Å²) in [4.78, 5) is 18.4. The van der Waals surface area contributed by atoms with E-state index in [2.05, 4.69) is 15.3 Å². The van der Waals surface area contributed by atoms with Crippen molar-refractivity contribution in [2.24, 2.45) is 5.73 Å². The van der Waals surface area contributed by atoms with E-state index >= 15 is 0 Å². The maximum Gasteiger partial charge on any atom is 0.252 e. The van der Waals surface area contributed by atoms with Gasteiger partial charge in [0.1, 0.15) is 11.6 Å². The number of anilines is 1. The largest absolute Gasteiger partial charge is 0.370 e. The molecule has 5 heteroatoms. The molecule has 0 aromatic carbocycles. The minimum Gasteiger partial charge on any atom is -0.370 e. The molecule has 0 aliphatic heterocycles. The molecule has 0 spiro atoms. The van der Waals surface area contributed by atoms with E-state index in [4.69, 9.17) is 5.73 Å². The molecular weight excluding hydrogens is 204 g/mol. The summed E-state index contributed by atoms with van der Waals surface area (Å²) in [5.41, 5.74) is 5.51. The fourth-order valence-electron chi connectivity index (χ4n) is 1.27. The quantitative estimate of drug-likeness (QED) is 0.698. The zero-order valence-corrected chi connectivity index (χ0v) is 10.1. The molecule has 0 aliphatic rings. The monoisotopic (exact) mass is 224 g/mol. The van der Waals surface area contributed by atoms with Gasteiger partial charge in [-0.1, -0.05) is 13.8 Å². The lowest BCUT2D eigenvalue weighted by Crippen LogP contribution is -2.20. The van der Waals surface area contributed by atoms with Crippen molar-refractivity contribution < 1.29 is 0 Å². The average molecular weight is 224 g/mol. The first-order valence-electron chi connectivity index (χ1n) is 5.59. The van der Waals surface area contributed by atoms with Crippen molar-refractivity contribution in [3.63, 3.8) is 0 Å². The van der Waals surface area contributed by atoms with Crippen LogP contribution in [0.15, 0.2) is 10.9 Å². The van der Waals surface area contributed by atoms with Crippen molar-refractivity contribution in [1.29, 1.82) is 0 Å². The predicted molar refractivity (Wildman–Crippen MR) is 65.7 cm³/mol. The number of hydrogen-bond acceptors (Lipinski definition) is 4. The Labute approximate surface area is 95.5 Å². The second-order valence-electron chi connectivity index (χ2n) is 4.36. The summed E-state index contributed by atoms with van der Waals surface area (Å²) in [6.45, 7) is 6.66. The van der Waals surface area contributed by atoms with Crippen LogP contribution in [0.4, 0.5) is 5.82 Å². The third-order valence-corrected chi connectivity index (χ3v) is 2.21. The minimum atomic E-state index is -0.123. The molecule has 1 aromatic rings. The van der Waals surface area contributed by atoms with Crippen molar-refractivity contribution in [2.75, 3.05) is 11.9 Å². The zero-order chi connectivity index (χ0) is 12.1. The molecule has 90 valence electrons. The van der Waals surface area contributed by atoms with Gasteiger partial charge >= 0.3 is 0 Å². The number of nitrogens with two attached hydrogens (primary N) is 1. The number of nitrogens with zero attached hydrogens (tertiary/aromatic N) is 1. The summed E-state index contributed by atoms with van der Waals surface area (Å²) < 4.78 is 0. The summed E-state index contributed by atoms with van der Waals surface area (Å²) in [6, 6.07) is 1.62. The van der Waals surface area contributed by atoms with Gasteiger partial charge in [-0.05, 0) is 13.3 Å². The molecule has 0 bridgehead atoms. The van der Waals surface area contributed by atoms with Gasteiger partial charge in [-0.25, -0.2) is 4.98 Å². The highest BCUT2D eigenvalue weighted by molar-refractivity contribution is 5.33. The second-order valence-corrected chi connectivity index (χ2v) is 4.36. The number of aromatic nitrogens is 2. The Bertz CT molecular complexity index is 384. The van der Waals surface area contributed by atoms with Gasteiger partial charge in [0.15, 0.2) is 0 Å². The van der Waals surface area contributed by atoms with Crippen LogP contribution in [0, 0.1) is 0 Å². The van der Waals surface area contributed by atoms with Crippen molar-refractivity contribution in [2.45, 2.75) is 39.2 Å². The number of hydrogen-bond donors (Lipinski definition) is 3. The van der Waals surface area contributed by atoms with Gasteiger partial charge in [0.2, 0.25) is 0 Å². The molecule has 1 heterocycles. The fourth-order valence-corrected chi connectivity index (χ4v) is 1.27. The van der Waals surface area contributed by atoms with E-state index < -0.39 is 0 Å². The third-order valence-electron chi connectivity index (χ3n) is 2.21. The van der Waals surface area contributed by atoms with E-state index in [1.165, 1.54) is 6.07 Å². The van der Waals surface area contributed by atoms with E-state index in [0.717, 1.165) is 13.0 Å². The predicted octanol–water partition coefficient (Wildman–Crippen LogP) is 1.04. The first kappa shape index (κ1) is 12.7. The van der Waals surface area contributed by atoms with E-state index in [1.807, 2.05) is 20.8 Å². The van der Waals surface area contributed by atoms with Crippen LogP contribution in [0.5, 0.6) is 0 Å². The first-order chi connectivity index (χ1) is 7.49. The Morgan fingerprint density at radius 1 is 1.50 bits per heavy atom. The topological polar surface area (TPSA) is 83.8 Å². The van der Waals surface area contributed by atoms with E-state index in [1.54, 1.807) is 0 Å². The lowest BCUT2D eigenvalue weighted by atomic mass is 10.2. The van der Waals surface area contributed by atoms with Gasteiger partial charge in [0.25, 0.3) is 5.56 Å². The van der Waals surface area contributed by atoms with Crippen LogP contribution in [-0.2, 0) is 0 Å². The number of H-pyrrole nitrogens is 1. The van der Waals surface area contributed by atoms with Gasteiger partial charge in [-0.15, -0.1) is 0 Å². The maximum atomic E-state index is 11.4. The highest BCUT2D eigenvalue weighted by Gasteiger charge is 2.04. The first-order valence-corrected chi connectivity index (χ1v) is 5.59. The van der Waals surface area contributed by atoms with Gasteiger partial charge in [-0.2, -0.15) is 0 Å². The average Bonchev–Trinajstić information content (AvgIpc) is 2.16.